The first kappa shape index (κ1) is 12.6. The highest BCUT2D eigenvalue weighted by Crippen LogP contribution is 2.04. The van der Waals surface area contributed by atoms with Gasteiger partial charge in [0, 0.05) is 33.2 Å². The first-order valence-electron chi connectivity index (χ1n) is 5.96. The summed E-state index contributed by atoms with van der Waals surface area (Å²) in [6, 6.07) is 3.24. The van der Waals surface area contributed by atoms with E-state index in [0.29, 0.717) is 13.1 Å². The highest BCUT2D eigenvalue weighted by Gasteiger charge is 2.21. The Morgan fingerprint density at radius 3 is 2.78 bits per heavy atom. The van der Waals surface area contributed by atoms with Crippen molar-refractivity contribution in [1.29, 1.82) is 0 Å². The van der Waals surface area contributed by atoms with Gasteiger partial charge in [-0.1, -0.05) is 0 Å². The van der Waals surface area contributed by atoms with Gasteiger partial charge in [0.25, 0.3) is 5.91 Å². The Kier molecular flexibility index (Phi) is 3.99. The van der Waals surface area contributed by atoms with Crippen LogP contribution >= 0.6 is 0 Å². The average molecular weight is 251 g/mol. The summed E-state index contributed by atoms with van der Waals surface area (Å²) in [5.74, 6) is -0.0481. The Labute approximate surface area is 106 Å². The summed E-state index contributed by atoms with van der Waals surface area (Å²) in [6.07, 6.45) is 1.44. The Bertz CT molecular complexity index is 410. The van der Waals surface area contributed by atoms with Crippen LogP contribution in [0.15, 0.2) is 22.8 Å². The third kappa shape index (κ3) is 2.89. The number of rotatable bonds is 3. The number of carbonyl (C=O) groups excluding carboxylic acids is 2. The molecule has 0 spiro atoms. The second kappa shape index (κ2) is 5.68. The van der Waals surface area contributed by atoms with Crippen molar-refractivity contribution in [2.24, 2.45) is 0 Å². The Morgan fingerprint density at radius 1 is 1.44 bits per heavy atom. The van der Waals surface area contributed by atoms with Crippen molar-refractivity contribution in [3.05, 3.63) is 24.2 Å². The van der Waals surface area contributed by atoms with E-state index in [2.05, 4.69) is 5.32 Å². The van der Waals surface area contributed by atoms with Crippen LogP contribution in [-0.2, 0) is 4.79 Å². The zero-order valence-corrected chi connectivity index (χ0v) is 10.4. The lowest BCUT2D eigenvalue weighted by atomic mass is 10.3. The summed E-state index contributed by atoms with van der Waals surface area (Å²) in [4.78, 5) is 27.0. The molecule has 1 saturated heterocycles. The van der Waals surface area contributed by atoms with Crippen LogP contribution in [0.3, 0.4) is 0 Å². The smallest absolute Gasteiger partial charge is 0.289 e. The van der Waals surface area contributed by atoms with Gasteiger partial charge in [0.2, 0.25) is 5.91 Å². The number of furan rings is 1. The van der Waals surface area contributed by atoms with Gasteiger partial charge in [-0.15, -0.1) is 0 Å². The molecule has 0 aliphatic carbocycles. The summed E-state index contributed by atoms with van der Waals surface area (Å²) >= 11 is 0. The molecule has 1 aromatic heterocycles. The predicted molar refractivity (Wildman–Crippen MR) is 65.1 cm³/mol. The fraction of sp³-hybridized carbons (Fsp3) is 0.500. The number of hydrogen-bond donors (Lipinski definition) is 1. The molecular weight excluding hydrogens is 234 g/mol. The van der Waals surface area contributed by atoms with Crippen molar-refractivity contribution < 1.29 is 14.0 Å². The van der Waals surface area contributed by atoms with Gasteiger partial charge in [-0.3, -0.25) is 9.59 Å². The molecular formula is C12H17N3O3. The molecule has 2 amide bonds. The fourth-order valence-corrected chi connectivity index (χ4v) is 1.88. The Balaban J connectivity index is 1.88. The summed E-state index contributed by atoms with van der Waals surface area (Å²) in [7, 11) is 1.60. The molecule has 1 fully saturated rings. The minimum atomic E-state index is -0.275. The van der Waals surface area contributed by atoms with Gasteiger partial charge in [-0.2, -0.15) is 0 Å². The summed E-state index contributed by atoms with van der Waals surface area (Å²) in [5, 5.41) is 3.18. The van der Waals surface area contributed by atoms with E-state index in [4.69, 9.17) is 4.42 Å². The van der Waals surface area contributed by atoms with Gasteiger partial charge >= 0.3 is 0 Å². The summed E-state index contributed by atoms with van der Waals surface area (Å²) < 4.78 is 5.02. The lowest BCUT2D eigenvalue weighted by Crippen LogP contribution is -2.49. The average Bonchev–Trinajstić information content (AvgIpc) is 2.92. The molecule has 1 aliphatic heterocycles. The van der Waals surface area contributed by atoms with Crippen LogP contribution in [0.5, 0.6) is 0 Å². The van der Waals surface area contributed by atoms with Crippen molar-refractivity contribution in [3.63, 3.8) is 0 Å². The van der Waals surface area contributed by atoms with E-state index in [1.807, 2.05) is 0 Å². The van der Waals surface area contributed by atoms with Gasteiger partial charge in [0.05, 0.1) is 12.8 Å². The van der Waals surface area contributed by atoms with Crippen LogP contribution in [0.25, 0.3) is 0 Å². The largest absolute Gasteiger partial charge is 0.459 e. The second-order valence-corrected chi connectivity index (χ2v) is 4.27. The van der Waals surface area contributed by atoms with Crippen LogP contribution in [0, 0.1) is 0 Å². The normalized spacial score (nSPS) is 15.5. The number of amides is 2. The Morgan fingerprint density at radius 2 is 2.17 bits per heavy atom. The van der Waals surface area contributed by atoms with Crippen molar-refractivity contribution in [3.8, 4) is 0 Å². The molecule has 0 saturated carbocycles. The van der Waals surface area contributed by atoms with E-state index in [-0.39, 0.29) is 24.1 Å². The van der Waals surface area contributed by atoms with Crippen LogP contribution in [0.4, 0.5) is 0 Å². The molecule has 18 heavy (non-hydrogen) atoms. The van der Waals surface area contributed by atoms with E-state index in [1.165, 1.54) is 11.2 Å². The maximum atomic E-state index is 12.0. The molecule has 2 rings (SSSR count). The van der Waals surface area contributed by atoms with Crippen molar-refractivity contribution in [2.75, 3.05) is 39.8 Å². The monoisotopic (exact) mass is 251 g/mol. The topological polar surface area (TPSA) is 65.8 Å². The molecule has 0 aromatic carbocycles. The molecule has 1 N–H and O–H groups in total. The maximum Gasteiger partial charge on any atom is 0.289 e. The number of piperazine rings is 1. The molecule has 0 atom stereocenters. The van der Waals surface area contributed by atoms with Crippen molar-refractivity contribution in [1.82, 2.24) is 15.1 Å². The van der Waals surface area contributed by atoms with Crippen molar-refractivity contribution in [2.45, 2.75) is 0 Å². The summed E-state index contributed by atoms with van der Waals surface area (Å²) in [5.41, 5.74) is 0. The molecule has 2 heterocycles. The van der Waals surface area contributed by atoms with Crippen LogP contribution in [-0.4, -0.2) is 61.4 Å². The number of likely N-dealkylation sites (N-methyl/N-ethyl adjacent to an activating group) is 1. The molecule has 1 aromatic rings. The minimum absolute atomic E-state index is 0.0288. The van der Waals surface area contributed by atoms with E-state index >= 15 is 0 Å². The minimum Gasteiger partial charge on any atom is -0.459 e. The van der Waals surface area contributed by atoms with E-state index in [1.54, 1.807) is 24.1 Å². The van der Waals surface area contributed by atoms with E-state index in [9.17, 15) is 9.59 Å². The van der Waals surface area contributed by atoms with Crippen LogP contribution < -0.4 is 5.32 Å². The van der Waals surface area contributed by atoms with Crippen molar-refractivity contribution >= 4 is 11.8 Å². The molecule has 0 bridgehead atoms. The zero-order valence-electron chi connectivity index (χ0n) is 10.4. The first-order valence-corrected chi connectivity index (χ1v) is 5.96. The van der Waals surface area contributed by atoms with Crippen LogP contribution in [0.1, 0.15) is 10.6 Å². The van der Waals surface area contributed by atoms with Gasteiger partial charge in [-0.05, 0) is 12.1 Å². The quantitative estimate of drug-likeness (QED) is 0.807. The number of hydrogen-bond acceptors (Lipinski definition) is 4. The predicted octanol–water partition coefficient (Wildman–Crippen LogP) is -0.217. The molecule has 1 aliphatic rings. The number of nitrogens with one attached hydrogen (secondary N) is 1. The lowest BCUT2D eigenvalue weighted by Gasteiger charge is -2.29. The second-order valence-electron chi connectivity index (χ2n) is 4.27. The number of carbonyl (C=O) groups is 2. The molecule has 6 heteroatoms. The Hall–Kier alpha value is -1.82. The van der Waals surface area contributed by atoms with Crippen LogP contribution in [0.2, 0.25) is 0 Å². The third-order valence-electron chi connectivity index (χ3n) is 2.92. The molecule has 6 nitrogen and oxygen atoms in total. The van der Waals surface area contributed by atoms with E-state index < -0.39 is 0 Å². The standard InChI is InChI=1S/C12H17N3O3/c1-14(12(17)10-3-2-8-18-10)9-11(16)15-6-4-13-5-7-15/h2-3,8,13H,4-7,9H2,1H3. The van der Waals surface area contributed by atoms with Gasteiger partial charge in [-0.25, -0.2) is 0 Å². The zero-order chi connectivity index (χ0) is 13.0. The van der Waals surface area contributed by atoms with Gasteiger partial charge < -0.3 is 19.5 Å². The molecule has 98 valence electrons. The third-order valence-corrected chi connectivity index (χ3v) is 2.92. The fourth-order valence-electron chi connectivity index (χ4n) is 1.88. The molecule has 0 radical (unpaired) electrons. The first-order chi connectivity index (χ1) is 8.68. The highest BCUT2D eigenvalue weighted by molar-refractivity contribution is 5.94. The summed E-state index contributed by atoms with van der Waals surface area (Å²) in [6.45, 7) is 3.09. The SMILES string of the molecule is CN(CC(=O)N1CCNCC1)C(=O)c1ccco1. The highest BCUT2D eigenvalue weighted by atomic mass is 16.3. The van der Waals surface area contributed by atoms with Gasteiger partial charge in [0.1, 0.15) is 0 Å². The number of nitrogens with zero attached hydrogens (tertiary/aromatic N) is 2. The maximum absolute atomic E-state index is 12.0. The van der Waals surface area contributed by atoms with E-state index in [0.717, 1.165) is 13.1 Å². The lowest BCUT2D eigenvalue weighted by molar-refractivity contribution is -0.132. The molecule has 0 unspecified atom stereocenters. The van der Waals surface area contributed by atoms with Gasteiger partial charge in [0.15, 0.2) is 5.76 Å².